The number of halogens is 2. The van der Waals surface area contributed by atoms with Crippen molar-refractivity contribution < 1.29 is 19.7 Å². The van der Waals surface area contributed by atoms with Crippen LogP contribution in [-0.4, -0.2) is 65.0 Å². The van der Waals surface area contributed by atoms with Crippen LogP contribution in [0, 0.1) is 24.5 Å². The van der Waals surface area contributed by atoms with E-state index in [1.54, 1.807) is 0 Å². The molecule has 0 radical (unpaired) electrons. The molecule has 0 bridgehead atoms. The van der Waals surface area contributed by atoms with Crippen molar-refractivity contribution in [2.75, 3.05) is 49.6 Å². The van der Waals surface area contributed by atoms with Crippen LogP contribution in [-0.2, 0) is 9.53 Å². The lowest BCUT2D eigenvalue weighted by atomic mass is 9.94. The standard InChI is InChI=1S/C25H28F2N6O2.H2/c1-17-10-21(29-25-28-16-33(30-25)23-13-19(26)12-20(27)14-23)15-22(11-17)31-4-2-18(3-5-31)24(34)32-6-8-35-9-7-32;/h10-16,18H,2-9H2,1H3,(H,29,30);1H. The van der Waals surface area contributed by atoms with Gasteiger partial charge in [0, 0.05) is 51.0 Å². The number of nitrogens with zero attached hydrogens (tertiary/aromatic N) is 5. The van der Waals surface area contributed by atoms with Gasteiger partial charge in [0.25, 0.3) is 0 Å². The maximum Gasteiger partial charge on any atom is 0.246 e. The van der Waals surface area contributed by atoms with E-state index in [0.717, 1.165) is 48.9 Å². The zero-order valence-corrected chi connectivity index (χ0v) is 19.6. The number of rotatable bonds is 5. The van der Waals surface area contributed by atoms with E-state index in [2.05, 4.69) is 26.4 Å². The number of nitrogens with one attached hydrogen (secondary N) is 1. The lowest BCUT2D eigenvalue weighted by Crippen LogP contribution is -2.46. The van der Waals surface area contributed by atoms with Gasteiger partial charge in [-0.05, 0) is 55.7 Å². The first-order valence-corrected chi connectivity index (χ1v) is 11.8. The zero-order chi connectivity index (χ0) is 24.4. The van der Waals surface area contributed by atoms with E-state index >= 15 is 0 Å². The van der Waals surface area contributed by atoms with Crippen molar-refractivity contribution in [2.45, 2.75) is 19.8 Å². The molecule has 1 aromatic heterocycles. The number of hydrogen-bond donors (Lipinski definition) is 1. The molecule has 2 aromatic carbocycles. The Labute approximate surface area is 204 Å². The first kappa shape index (κ1) is 23.2. The van der Waals surface area contributed by atoms with Crippen molar-refractivity contribution in [1.82, 2.24) is 19.7 Å². The predicted molar refractivity (Wildman–Crippen MR) is 130 cm³/mol. The van der Waals surface area contributed by atoms with Crippen LogP contribution in [0.5, 0.6) is 0 Å². The van der Waals surface area contributed by atoms with E-state index in [9.17, 15) is 13.6 Å². The van der Waals surface area contributed by atoms with Crippen molar-refractivity contribution in [3.63, 3.8) is 0 Å². The van der Waals surface area contributed by atoms with Crippen molar-refractivity contribution in [1.29, 1.82) is 0 Å². The molecule has 0 aliphatic carbocycles. The Morgan fingerprint density at radius 2 is 1.71 bits per heavy atom. The number of carbonyl (C=O) groups is 1. The molecule has 0 unspecified atom stereocenters. The van der Waals surface area contributed by atoms with Crippen LogP contribution in [0.15, 0.2) is 42.7 Å². The van der Waals surface area contributed by atoms with Crippen molar-refractivity contribution in [3.05, 3.63) is 59.9 Å². The van der Waals surface area contributed by atoms with Crippen molar-refractivity contribution in [3.8, 4) is 5.69 Å². The molecular formula is C25H30F2N6O2. The van der Waals surface area contributed by atoms with Crippen LogP contribution in [0.3, 0.4) is 0 Å². The van der Waals surface area contributed by atoms with Gasteiger partial charge >= 0.3 is 0 Å². The molecule has 0 saturated carbocycles. The van der Waals surface area contributed by atoms with Crippen LogP contribution in [0.4, 0.5) is 26.1 Å². The molecule has 0 spiro atoms. The lowest BCUT2D eigenvalue weighted by Gasteiger charge is -2.36. The summed E-state index contributed by atoms with van der Waals surface area (Å²) in [5, 5.41) is 7.48. The Hall–Kier alpha value is -3.53. The topological polar surface area (TPSA) is 75.5 Å². The number of ether oxygens (including phenoxy) is 1. The van der Waals surface area contributed by atoms with Gasteiger partial charge < -0.3 is 19.9 Å². The second-order valence-corrected chi connectivity index (χ2v) is 9.02. The molecule has 2 aliphatic rings. The summed E-state index contributed by atoms with van der Waals surface area (Å²) in [7, 11) is 0. The van der Waals surface area contributed by atoms with Crippen LogP contribution in [0.25, 0.3) is 5.69 Å². The van der Waals surface area contributed by atoms with Crippen LogP contribution < -0.4 is 10.2 Å². The highest BCUT2D eigenvalue weighted by molar-refractivity contribution is 5.79. The largest absolute Gasteiger partial charge is 0.378 e. The van der Waals surface area contributed by atoms with Gasteiger partial charge in [-0.1, -0.05) is 0 Å². The van der Waals surface area contributed by atoms with Gasteiger partial charge in [-0.25, -0.2) is 13.5 Å². The summed E-state index contributed by atoms with van der Waals surface area (Å²) in [6.45, 7) is 6.24. The number of aryl methyl sites for hydroxylation is 1. The maximum atomic E-state index is 13.5. The molecule has 3 aromatic rings. The minimum absolute atomic E-state index is 0. The first-order chi connectivity index (χ1) is 16.9. The molecule has 3 heterocycles. The van der Waals surface area contributed by atoms with Gasteiger partial charge in [0.1, 0.15) is 18.0 Å². The first-order valence-electron chi connectivity index (χ1n) is 11.8. The van der Waals surface area contributed by atoms with E-state index in [-0.39, 0.29) is 18.9 Å². The summed E-state index contributed by atoms with van der Waals surface area (Å²) in [4.78, 5) is 21.3. The maximum absolute atomic E-state index is 13.5. The molecule has 10 heteroatoms. The Bertz CT molecular complexity index is 1190. The number of piperidine rings is 1. The summed E-state index contributed by atoms with van der Waals surface area (Å²) in [6, 6.07) is 9.34. The molecule has 2 fully saturated rings. The number of anilines is 3. The number of amides is 1. The fourth-order valence-corrected chi connectivity index (χ4v) is 4.69. The van der Waals surface area contributed by atoms with E-state index in [1.807, 2.05) is 24.0 Å². The molecule has 2 saturated heterocycles. The van der Waals surface area contributed by atoms with E-state index < -0.39 is 11.6 Å². The van der Waals surface area contributed by atoms with Gasteiger partial charge in [-0.15, -0.1) is 5.10 Å². The van der Waals surface area contributed by atoms with Gasteiger partial charge in [-0.2, -0.15) is 4.98 Å². The highest BCUT2D eigenvalue weighted by atomic mass is 19.1. The van der Waals surface area contributed by atoms with E-state index in [0.29, 0.717) is 32.3 Å². The SMILES string of the molecule is Cc1cc(Nc2ncn(-c3cc(F)cc(F)c3)n2)cc(N2CCC(C(=O)N3CCOCC3)CC2)c1.[HH]. The summed E-state index contributed by atoms with van der Waals surface area (Å²) < 4.78 is 33.8. The molecular weight excluding hydrogens is 454 g/mol. The highest BCUT2D eigenvalue weighted by Gasteiger charge is 2.29. The molecule has 1 N–H and O–H groups in total. The summed E-state index contributed by atoms with van der Waals surface area (Å²) in [5.41, 5.74) is 3.21. The third-order valence-electron chi connectivity index (χ3n) is 6.45. The number of aromatic nitrogens is 3. The highest BCUT2D eigenvalue weighted by Crippen LogP contribution is 2.29. The third kappa shape index (κ3) is 5.43. The molecule has 35 heavy (non-hydrogen) atoms. The third-order valence-corrected chi connectivity index (χ3v) is 6.45. The van der Waals surface area contributed by atoms with Crippen molar-refractivity contribution >= 4 is 23.2 Å². The number of morpholine rings is 1. The van der Waals surface area contributed by atoms with Crippen molar-refractivity contribution in [2.24, 2.45) is 5.92 Å². The summed E-state index contributed by atoms with van der Waals surface area (Å²) >= 11 is 0. The minimum Gasteiger partial charge on any atom is -0.378 e. The Morgan fingerprint density at radius 1 is 1.00 bits per heavy atom. The molecule has 0 atom stereocenters. The van der Waals surface area contributed by atoms with Crippen LogP contribution in [0.1, 0.15) is 19.8 Å². The molecule has 2 aliphatic heterocycles. The molecule has 186 valence electrons. The number of benzene rings is 2. The van der Waals surface area contributed by atoms with Gasteiger partial charge in [-0.3, -0.25) is 4.79 Å². The Kier molecular flexibility index (Phi) is 6.63. The monoisotopic (exact) mass is 484 g/mol. The van der Waals surface area contributed by atoms with Gasteiger partial charge in [0.15, 0.2) is 0 Å². The second-order valence-electron chi connectivity index (χ2n) is 9.02. The normalized spacial score (nSPS) is 17.0. The fraction of sp³-hybridized carbons (Fsp3) is 0.400. The summed E-state index contributed by atoms with van der Waals surface area (Å²) in [6.07, 6.45) is 3.05. The van der Waals surface area contributed by atoms with Crippen LogP contribution >= 0.6 is 0 Å². The van der Waals surface area contributed by atoms with Crippen LogP contribution in [0.2, 0.25) is 0 Å². The quantitative estimate of drug-likeness (QED) is 0.592. The van der Waals surface area contributed by atoms with E-state index in [4.69, 9.17) is 4.74 Å². The van der Waals surface area contributed by atoms with Gasteiger partial charge in [0.2, 0.25) is 11.9 Å². The second kappa shape index (κ2) is 9.99. The molecule has 8 nitrogen and oxygen atoms in total. The fourth-order valence-electron chi connectivity index (χ4n) is 4.69. The Morgan fingerprint density at radius 3 is 2.43 bits per heavy atom. The molecule has 1 amide bonds. The average Bonchev–Trinajstić information content (AvgIpc) is 3.32. The number of carbonyl (C=O) groups excluding carboxylic acids is 1. The smallest absolute Gasteiger partial charge is 0.246 e. The average molecular weight is 485 g/mol. The minimum atomic E-state index is -0.677. The molecule has 5 rings (SSSR count). The predicted octanol–water partition coefficient (Wildman–Crippen LogP) is 3.92. The van der Waals surface area contributed by atoms with Gasteiger partial charge in [0.05, 0.1) is 18.9 Å². The summed E-state index contributed by atoms with van der Waals surface area (Å²) in [5.74, 6) is -0.722. The zero-order valence-electron chi connectivity index (χ0n) is 19.6. The lowest BCUT2D eigenvalue weighted by molar-refractivity contribution is -0.140. The van der Waals surface area contributed by atoms with E-state index in [1.165, 1.54) is 23.1 Å². The number of hydrogen-bond acceptors (Lipinski definition) is 6. The Balaban J connectivity index is 0.00000304.